The third-order valence-electron chi connectivity index (χ3n) is 3.68. The van der Waals surface area contributed by atoms with Crippen molar-refractivity contribution < 1.29 is 0 Å². The Bertz CT molecular complexity index is 529. The second-order valence-electron chi connectivity index (χ2n) is 5.24. The van der Waals surface area contributed by atoms with E-state index in [-0.39, 0.29) is 0 Å². The molecule has 1 saturated heterocycles. The van der Waals surface area contributed by atoms with Crippen LogP contribution < -0.4 is 0 Å². The monoisotopic (exact) mass is 229 g/mol. The van der Waals surface area contributed by atoms with Gasteiger partial charge in [0.1, 0.15) is 5.65 Å². The third-order valence-corrected chi connectivity index (χ3v) is 3.68. The van der Waals surface area contributed by atoms with Crippen LogP contribution in [0.25, 0.3) is 5.65 Å². The molecular weight excluding hydrogens is 210 g/mol. The van der Waals surface area contributed by atoms with Gasteiger partial charge in [0.2, 0.25) is 0 Å². The molecule has 0 aliphatic carbocycles. The van der Waals surface area contributed by atoms with E-state index in [1.807, 2.05) is 0 Å². The zero-order chi connectivity index (χ0) is 11.8. The molecule has 3 rings (SSSR count). The van der Waals surface area contributed by atoms with E-state index in [2.05, 4.69) is 47.8 Å². The van der Waals surface area contributed by atoms with Gasteiger partial charge in [-0.25, -0.2) is 4.98 Å². The molecule has 0 N–H and O–H groups in total. The molecule has 1 aliphatic rings. The molecule has 17 heavy (non-hydrogen) atoms. The molecule has 1 fully saturated rings. The molecule has 0 aromatic carbocycles. The quantitative estimate of drug-likeness (QED) is 0.748. The Kier molecular flexibility index (Phi) is 2.63. The first kappa shape index (κ1) is 10.8. The number of hydrogen-bond donors (Lipinski definition) is 0. The van der Waals surface area contributed by atoms with E-state index in [0.717, 1.165) is 12.2 Å². The van der Waals surface area contributed by atoms with Gasteiger partial charge in [0, 0.05) is 24.9 Å². The molecule has 0 saturated carbocycles. The molecule has 0 amide bonds. The van der Waals surface area contributed by atoms with Crippen molar-refractivity contribution in [3.05, 3.63) is 35.8 Å². The Labute approximate surface area is 102 Å². The lowest BCUT2D eigenvalue weighted by Crippen LogP contribution is -2.30. The van der Waals surface area contributed by atoms with Gasteiger partial charge >= 0.3 is 0 Å². The van der Waals surface area contributed by atoms with Crippen LogP contribution in [0.1, 0.15) is 30.0 Å². The Morgan fingerprint density at radius 3 is 3.12 bits per heavy atom. The van der Waals surface area contributed by atoms with Crippen molar-refractivity contribution in [1.82, 2.24) is 14.3 Å². The highest BCUT2D eigenvalue weighted by molar-refractivity contribution is 5.43. The van der Waals surface area contributed by atoms with Crippen molar-refractivity contribution in [2.75, 3.05) is 20.1 Å². The van der Waals surface area contributed by atoms with Gasteiger partial charge in [0.15, 0.2) is 0 Å². The molecule has 2 aromatic rings. The summed E-state index contributed by atoms with van der Waals surface area (Å²) in [5.41, 5.74) is 3.60. The molecule has 3 heterocycles. The van der Waals surface area contributed by atoms with E-state index in [1.165, 1.54) is 30.6 Å². The summed E-state index contributed by atoms with van der Waals surface area (Å²) in [5, 5.41) is 0. The molecule has 0 radical (unpaired) electrons. The fourth-order valence-electron chi connectivity index (χ4n) is 2.71. The second-order valence-corrected chi connectivity index (χ2v) is 5.24. The highest BCUT2D eigenvalue weighted by Gasteiger charge is 2.21. The largest absolute Gasteiger partial charge is 0.307 e. The molecule has 0 spiro atoms. The lowest BCUT2D eigenvalue weighted by atomic mass is 9.96. The van der Waals surface area contributed by atoms with Crippen molar-refractivity contribution in [1.29, 1.82) is 0 Å². The van der Waals surface area contributed by atoms with Crippen molar-refractivity contribution in [2.24, 2.45) is 0 Å². The maximum Gasteiger partial charge on any atom is 0.137 e. The molecule has 3 heteroatoms. The summed E-state index contributed by atoms with van der Waals surface area (Å²) in [7, 11) is 2.20. The number of likely N-dealkylation sites (tertiary alicyclic amines) is 1. The molecule has 90 valence electrons. The summed E-state index contributed by atoms with van der Waals surface area (Å²) in [6.07, 6.45) is 6.85. The van der Waals surface area contributed by atoms with Crippen molar-refractivity contribution >= 4 is 5.65 Å². The van der Waals surface area contributed by atoms with Gasteiger partial charge in [-0.15, -0.1) is 0 Å². The van der Waals surface area contributed by atoms with E-state index in [4.69, 9.17) is 4.98 Å². The van der Waals surface area contributed by atoms with Crippen LogP contribution in [-0.4, -0.2) is 34.4 Å². The molecular formula is C14H19N3. The number of piperidine rings is 1. The summed E-state index contributed by atoms with van der Waals surface area (Å²) in [6, 6.07) is 4.28. The number of nitrogens with zero attached hydrogens (tertiary/aromatic N) is 3. The number of likely N-dealkylation sites (N-methyl/N-ethyl adjacent to an activating group) is 1. The highest BCUT2D eigenvalue weighted by atomic mass is 15.1. The van der Waals surface area contributed by atoms with E-state index < -0.39 is 0 Å². The highest BCUT2D eigenvalue weighted by Crippen LogP contribution is 2.25. The normalized spacial score (nSPS) is 22.1. The molecule has 1 unspecified atom stereocenters. The Balaban J connectivity index is 1.94. The molecule has 2 aromatic heterocycles. The number of aromatic nitrogens is 2. The first-order valence-corrected chi connectivity index (χ1v) is 6.36. The number of hydrogen-bond acceptors (Lipinski definition) is 2. The van der Waals surface area contributed by atoms with Gasteiger partial charge in [0.05, 0.1) is 5.69 Å². The number of imidazole rings is 1. The fraction of sp³-hybridized carbons (Fsp3) is 0.500. The van der Waals surface area contributed by atoms with Crippen LogP contribution in [0.3, 0.4) is 0 Å². The SMILES string of the molecule is Cc1ccn2cc(C3CCCN(C)C3)nc2c1. The van der Waals surface area contributed by atoms with Gasteiger partial charge in [-0.3, -0.25) is 0 Å². The molecule has 1 aliphatic heterocycles. The average Bonchev–Trinajstić information content (AvgIpc) is 2.72. The van der Waals surface area contributed by atoms with E-state index in [9.17, 15) is 0 Å². The van der Waals surface area contributed by atoms with E-state index in [1.54, 1.807) is 0 Å². The minimum absolute atomic E-state index is 0.606. The zero-order valence-electron chi connectivity index (χ0n) is 10.6. The zero-order valence-corrected chi connectivity index (χ0v) is 10.6. The van der Waals surface area contributed by atoms with Crippen LogP contribution in [0.15, 0.2) is 24.5 Å². The van der Waals surface area contributed by atoms with Gasteiger partial charge < -0.3 is 9.30 Å². The lowest BCUT2D eigenvalue weighted by Gasteiger charge is -2.28. The first-order chi connectivity index (χ1) is 8.22. The maximum absolute atomic E-state index is 4.77. The minimum atomic E-state index is 0.606. The predicted octanol–water partition coefficient (Wildman–Crippen LogP) is 2.45. The number of fused-ring (bicyclic) bond motifs is 1. The summed E-state index contributed by atoms with van der Waals surface area (Å²) >= 11 is 0. The van der Waals surface area contributed by atoms with Crippen LogP contribution in [-0.2, 0) is 0 Å². The van der Waals surface area contributed by atoms with E-state index >= 15 is 0 Å². The molecule has 3 nitrogen and oxygen atoms in total. The van der Waals surface area contributed by atoms with Crippen LogP contribution in [0.2, 0.25) is 0 Å². The smallest absolute Gasteiger partial charge is 0.137 e. The van der Waals surface area contributed by atoms with Gasteiger partial charge in [0.25, 0.3) is 0 Å². The number of rotatable bonds is 1. The molecule has 1 atom stereocenters. The van der Waals surface area contributed by atoms with Crippen molar-refractivity contribution in [3.8, 4) is 0 Å². The predicted molar refractivity (Wildman–Crippen MR) is 69.4 cm³/mol. The van der Waals surface area contributed by atoms with Crippen LogP contribution in [0.4, 0.5) is 0 Å². The number of aryl methyl sites for hydroxylation is 1. The summed E-state index contributed by atoms with van der Waals surface area (Å²) in [5.74, 6) is 0.606. The third kappa shape index (κ3) is 2.07. The second kappa shape index (κ2) is 4.15. The maximum atomic E-state index is 4.77. The Hall–Kier alpha value is -1.35. The van der Waals surface area contributed by atoms with E-state index in [0.29, 0.717) is 5.92 Å². The summed E-state index contributed by atoms with van der Waals surface area (Å²) in [4.78, 5) is 7.17. The minimum Gasteiger partial charge on any atom is -0.307 e. The Morgan fingerprint density at radius 2 is 2.29 bits per heavy atom. The standard InChI is InChI=1S/C14H19N3/c1-11-5-7-17-10-13(15-14(17)8-11)12-4-3-6-16(2)9-12/h5,7-8,10,12H,3-4,6,9H2,1-2H3. The first-order valence-electron chi connectivity index (χ1n) is 6.36. The fourth-order valence-corrected chi connectivity index (χ4v) is 2.71. The van der Waals surface area contributed by atoms with Crippen LogP contribution in [0.5, 0.6) is 0 Å². The lowest BCUT2D eigenvalue weighted by molar-refractivity contribution is 0.249. The summed E-state index contributed by atoms with van der Waals surface area (Å²) in [6.45, 7) is 4.48. The van der Waals surface area contributed by atoms with Crippen LogP contribution in [0, 0.1) is 6.92 Å². The summed E-state index contributed by atoms with van der Waals surface area (Å²) < 4.78 is 2.14. The molecule has 0 bridgehead atoms. The van der Waals surface area contributed by atoms with Crippen molar-refractivity contribution in [3.63, 3.8) is 0 Å². The van der Waals surface area contributed by atoms with Gasteiger partial charge in [-0.05, 0) is 51.1 Å². The average molecular weight is 229 g/mol. The number of pyridine rings is 1. The van der Waals surface area contributed by atoms with Gasteiger partial charge in [-0.2, -0.15) is 0 Å². The Morgan fingerprint density at radius 1 is 1.41 bits per heavy atom. The van der Waals surface area contributed by atoms with Crippen molar-refractivity contribution in [2.45, 2.75) is 25.7 Å². The van der Waals surface area contributed by atoms with Gasteiger partial charge in [-0.1, -0.05) is 0 Å². The van der Waals surface area contributed by atoms with Crippen LogP contribution >= 0.6 is 0 Å². The topological polar surface area (TPSA) is 20.5 Å².